The summed E-state index contributed by atoms with van der Waals surface area (Å²) in [5.74, 6) is 0.346. The van der Waals surface area contributed by atoms with Crippen LogP contribution < -0.4 is 5.73 Å². The zero-order valence-corrected chi connectivity index (χ0v) is 11.9. The van der Waals surface area contributed by atoms with E-state index in [1.54, 1.807) is 17.1 Å². The molecule has 0 spiro atoms. The molecule has 3 aromatic rings. The van der Waals surface area contributed by atoms with Crippen LogP contribution in [-0.2, 0) is 0 Å². The van der Waals surface area contributed by atoms with Crippen LogP contribution in [0, 0.1) is 0 Å². The van der Waals surface area contributed by atoms with Crippen molar-refractivity contribution in [3.8, 4) is 11.3 Å². The van der Waals surface area contributed by atoms with E-state index in [9.17, 15) is 0 Å². The molecule has 2 aromatic carbocycles. The summed E-state index contributed by atoms with van der Waals surface area (Å²) in [6, 6.07) is 17.2. The highest BCUT2D eigenvalue weighted by molar-refractivity contribution is 6.30. The lowest BCUT2D eigenvalue weighted by molar-refractivity contribution is 0.898. The quantitative estimate of drug-likeness (QED) is 0.750. The van der Waals surface area contributed by atoms with Crippen LogP contribution in [-0.4, -0.2) is 15.9 Å². The predicted octanol–water partition coefficient (Wildman–Crippen LogP) is 3.67. The average Bonchev–Trinajstić information content (AvgIpc) is 2.89. The largest absolute Gasteiger partial charge is 0.368 e. The molecule has 1 heterocycles. The van der Waals surface area contributed by atoms with E-state index in [1.807, 2.05) is 54.6 Å². The number of nitrogens with zero attached hydrogens (tertiary/aromatic N) is 3. The summed E-state index contributed by atoms with van der Waals surface area (Å²) in [6.07, 6.45) is 3.51. The number of nitrogens with two attached hydrogens (primary N) is 1. The van der Waals surface area contributed by atoms with Gasteiger partial charge in [-0.15, -0.1) is 0 Å². The highest BCUT2D eigenvalue weighted by Gasteiger charge is 2.05. The first-order valence-electron chi connectivity index (χ1n) is 6.42. The second-order valence-electron chi connectivity index (χ2n) is 4.49. The van der Waals surface area contributed by atoms with Crippen molar-refractivity contribution < 1.29 is 0 Å². The number of benzene rings is 2. The number of imidazole rings is 1. The van der Waals surface area contributed by atoms with E-state index in [4.69, 9.17) is 17.3 Å². The lowest BCUT2D eigenvalue weighted by Crippen LogP contribution is -1.96. The summed E-state index contributed by atoms with van der Waals surface area (Å²) < 4.78 is 1.55. The highest BCUT2D eigenvalue weighted by Crippen LogP contribution is 2.19. The minimum Gasteiger partial charge on any atom is -0.368 e. The molecule has 0 aliphatic rings. The topological polar surface area (TPSA) is 56.2 Å². The Morgan fingerprint density at radius 1 is 1.05 bits per heavy atom. The minimum atomic E-state index is 0.346. The Balaban J connectivity index is 1.86. The molecule has 0 fully saturated rings. The van der Waals surface area contributed by atoms with Crippen molar-refractivity contribution in [2.45, 2.75) is 0 Å². The van der Waals surface area contributed by atoms with Crippen molar-refractivity contribution in [2.75, 3.05) is 5.73 Å². The van der Waals surface area contributed by atoms with Gasteiger partial charge >= 0.3 is 0 Å². The first-order valence-corrected chi connectivity index (χ1v) is 6.80. The maximum absolute atomic E-state index is 5.88. The highest BCUT2D eigenvalue weighted by atomic mass is 35.5. The summed E-state index contributed by atoms with van der Waals surface area (Å²) in [6.45, 7) is 0. The number of hydrogen-bond acceptors (Lipinski definition) is 3. The van der Waals surface area contributed by atoms with E-state index < -0.39 is 0 Å². The van der Waals surface area contributed by atoms with Gasteiger partial charge < -0.3 is 5.73 Å². The van der Waals surface area contributed by atoms with Crippen molar-refractivity contribution in [1.29, 1.82) is 0 Å². The van der Waals surface area contributed by atoms with E-state index in [0.29, 0.717) is 11.0 Å². The van der Waals surface area contributed by atoms with Gasteiger partial charge in [0, 0.05) is 10.6 Å². The third-order valence-corrected chi connectivity index (χ3v) is 3.24. The summed E-state index contributed by atoms with van der Waals surface area (Å²) in [5, 5.41) is 5.01. The van der Waals surface area contributed by atoms with Gasteiger partial charge in [0.1, 0.15) is 0 Å². The van der Waals surface area contributed by atoms with Crippen molar-refractivity contribution in [2.24, 2.45) is 5.10 Å². The van der Waals surface area contributed by atoms with Crippen LogP contribution >= 0.6 is 11.6 Å². The number of aromatic nitrogens is 2. The molecule has 0 amide bonds. The van der Waals surface area contributed by atoms with Gasteiger partial charge in [-0.25, -0.2) is 9.66 Å². The van der Waals surface area contributed by atoms with Gasteiger partial charge in [0.15, 0.2) is 0 Å². The lowest BCUT2D eigenvalue weighted by Gasteiger charge is -1.96. The number of rotatable bonds is 3. The molecule has 0 atom stereocenters. The molecule has 5 heteroatoms. The van der Waals surface area contributed by atoms with Crippen LogP contribution in [0.5, 0.6) is 0 Å². The SMILES string of the molecule is Nc1nc(-c2ccccc2)cn1N=Cc1ccc(Cl)cc1. The fraction of sp³-hybridized carbons (Fsp3) is 0. The van der Waals surface area contributed by atoms with Crippen LogP contribution in [0.4, 0.5) is 5.95 Å². The normalized spacial score (nSPS) is 11.1. The fourth-order valence-electron chi connectivity index (χ4n) is 1.90. The first-order chi connectivity index (χ1) is 10.2. The summed E-state index contributed by atoms with van der Waals surface area (Å²) >= 11 is 5.85. The van der Waals surface area contributed by atoms with E-state index in [-0.39, 0.29) is 0 Å². The maximum Gasteiger partial charge on any atom is 0.221 e. The summed E-state index contributed by atoms with van der Waals surface area (Å²) in [5.41, 5.74) is 8.62. The Labute approximate surface area is 127 Å². The molecule has 0 radical (unpaired) electrons. The molecule has 0 aliphatic heterocycles. The van der Waals surface area contributed by atoms with Crippen LogP contribution in [0.25, 0.3) is 11.3 Å². The standard InChI is InChI=1S/C16H13ClN4/c17-14-8-6-12(7-9-14)10-19-21-11-15(20-16(21)18)13-4-2-1-3-5-13/h1-11H,(H2,18,20). The third-order valence-electron chi connectivity index (χ3n) is 2.99. The smallest absolute Gasteiger partial charge is 0.221 e. The van der Waals surface area contributed by atoms with Gasteiger partial charge in [-0.05, 0) is 17.7 Å². The summed E-state index contributed by atoms with van der Waals surface area (Å²) in [7, 11) is 0. The molecule has 2 N–H and O–H groups in total. The monoisotopic (exact) mass is 296 g/mol. The molecular weight excluding hydrogens is 284 g/mol. The number of halogens is 1. The van der Waals surface area contributed by atoms with Crippen LogP contribution in [0.3, 0.4) is 0 Å². The molecule has 104 valence electrons. The third kappa shape index (κ3) is 3.12. The Hall–Kier alpha value is -2.59. The molecule has 4 nitrogen and oxygen atoms in total. The predicted molar refractivity (Wildman–Crippen MR) is 86.5 cm³/mol. The molecular formula is C16H13ClN4. The number of hydrogen-bond donors (Lipinski definition) is 1. The van der Waals surface area contributed by atoms with Gasteiger partial charge in [-0.3, -0.25) is 0 Å². The fourth-order valence-corrected chi connectivity index (χ4v) is 2.03. The molecule has 21 heavy (non-hydrogen) atoms. The zero-order chi connectivity index (χ0) is 14.7. The molecule has 1 aromatic heterocycles. The Morgan fingerprint density at radius 3 is 2.48 bits per heavy atom. The van der Waals surface area contributed by atoms with Gasteiger partial charge in [-0.1, -0.05) is 54.1 Å². The Bertz CT molecular complexity index is 761. The molecule has 3 rings (SSSR count). The number of anilines is 1. The van der Waals surface area contributed by atoms with E-state index >= 15 is 0 Å². The molecule has 0 aliphatic carbocycles. The van der Waals surface area contributed by atoms with Gasteiger partial charge in [-0.2, -0.15) is 5.10 Å². The van der Waals surface area contributed by atoms with Gasteiger partial charge in [0.05, 0.1) is 18.1 Å². The maximum atomic E-state index is 5.88. The van der Waals surface area contributed by atoms with E-state index in [2.05, 4.69) is 10.1 Å². The van der Waals surface area contributed by atoms with Gasteiger partial charge in [0.2, 0.25) is 5.95 Å². The Morgan fingerprint density at radius 2 is 1.76 bits per heavy atom. The molecule has 0 unspecified atom stereocenters. The summed E-state index contributed by atoms with van der Waals surface area (Å²) in [4.78, 5) is 4.31. The zero-order valence-electron chi connectivity index (χ0n) is 11.1. The van der Waals surface area contributed by atoms with Gasteiger partial charge in [0.25, 0.3) is 0 Å². The first kappa shape index (κ1) is 13.4. The van der Waals surface area contributed by atoms with Crippen LogP contribution in [0.15, 0.2) is 65.9 Å². The van der Waals surface area contributed by atoms with E-state index in [0.717, 1.165) is 16.8 Å². The lowest BCUT2D eigenvalue weighted by atomic mass is 10.2. The van der Waals surface area contributed by atoms with E-state index in [1.165, 1.54) is 0 Å². The average molecular weight is 297 g/mol. The van der Waals surface area contributed by atoms with Crippen molar-refractivity contribution in [3.05, 3.63) is 71.4 Å². The Kier molecular flexibility index (Phi) is 3.71. The van der Waals surface area contributed by atoms with Crippen molar-refractivity contribution in [3.63, 3.8) is 0 Å². The second kappa shape index (κ2) is 5.81. The van der Waals surface area contributed by atoms with Crippen molar-refractivity contribution >= 4 is 23.8 Å². The second-order valence-corrected chi connectivity index (χ2v) is 4.93. The van der Waals surface area contributed by atoms with Crippen LogP contribution in [0.2, 0.25) is 5.02 Å². The number of nitrogen functional groups attached to an aromatic ring is 1. The minimum absolute atomic E-state index is 0.346. The van der Waals surface area contributed by atoms with Crippen molar-refractivity contribution in [1.82, 2.24) is 9.66 Å². The van der Waals surface area contributed by atoms with Crippen LogP contribution in [0.1, 0.15) is 5.56 Å². The molecule has 0 bridgehead atoms. The molecule has 0 saturated heterocycles. The molecule has 0 saturated carbocycles.